The number of carbonyl (C=O) groups is 1. The van der Waals surface area contributed by atoms with Crippen LogP contribution in [-0.4, -0.2) is 10.5 Å². The second-order valence-corrected chi connectivity index (χ2v) is 6.07. The highest BCUT2D eigenvalue weighted by molar-refractivity contribution is 5.92. The summed E-state index contributed by atoms with van der Waals surface area (Å²) in [7, 11) is 0. The smallest absolute Gasteiger partial charge is 0.226 e. The van der Waals surface area contributed by atoms with Crippen LogP contribution < -0.4 is 5.32 Å². The Bertz CT molecular complexity index is 821. The summed E-state index contributed by atoms with van der Waals surface area (Å²) >= 11 is 0. The minimum atomic E-state index is -0.00906. The second kappa shape index (κ2) is 7.18. The van der Waals surface area contributed by atoms with Gasteiger partial charge in [0.2, 0.25) is 5.91 Å². The highest BCUT2D eigenvalue weighted by Gasteiger charge is 2.19. The minimum absolute atomic E-state index is 0.00906. The fraction of sp³-hybridized carbons (Fsp3) is 0.190. The van der Waals surface area contributed by atoms with Crippen molar-refractivity contribution in [3.8, 4) is 0 Å². The number of anilines is 1. The zero-order valence-corrected chi connectivity index (χ0v) is 14.1. The summed E-state index contributed by atoms with van der Waals surface area (Å²) in [5, 5.41) is 3.04. The summed E-state index contributed by atoms with van der Waals surface area (Å²) < 4.78 is 2.10. The molecular formula is C21H22N2O. The van der Waals surface area contributed by atoms with Gasteiger partial charge in [0.25, 0.3) is 0 Å². The molecule has 0 aliphatic rings. The monoisotopic (exact) mass is 318 g/mol. The lowest BCUT2D eigenvalue weighted by molar-refractivity contribution is -0.116. The van der Waals surface area contributed by atoms with E-state index < -0.39 is 0 Å². The van der Waals surface area contributed by atoms with E-state index in [1.165, 1.54) is 11.1 Å². The van der Waals surface area contributed by atoms with Gasteiger partial charge in [0, 0.05) is 18.1 Å². The molecule has 0 aliphatic heterocycles. The number of para-hydroxylation sites is 1. The number of rotatable bonds is 5. The Hall–Kier alpha value is -2.81. The molecule has 1 amide bonds. The number of benzene rings is 2. The van der Waals surface area contributed by atoms with E-state index in [4.69, 9.17) is 0 Å². The molecule has 0 unspecified atom stereocenters. The van der Waals surface area contributed by atoms with Crippen molar-refractivity contribution in [2.75, 3.05) is 5.32 Å². The number of nitrogens with zero attached hydrogens (tertiary/aromatic N) is 1. The Morgan fingerprint density at radius 3 is 2.21 bits per heavy atom. The maximum absolute atomic E-state index is 12.6. The quantitative estimate of drug-likeness (QED) is 0.725. The van der Waals surface area contributed by atoms with Gasteiger partial charge in [0.1, 0.15) is 0 Å². The number of hydrogen-bond acceptors (Lipinski definition) is 1. The lowest BCUT2D eigenvalue weighted by atomic mass is 9.98. The van der Waals surface area contributed by atoms with Gasteiger partial charge < -0.3 is 9.88 Å². The molecule has 0 radical (unpaired) electrons. The van der Waals surface area contributed by atoms with Crippen LogP contribution in [0.2, 0.25) is 0 Å². The van der Waals surface area contributed by atoms with E-state index in [9.17, 15) is 4.79 Å². The third kappa shape index (κ3) is 3.57. The van der Waals surface area contributed by atoms with Crippen molar-refractivity contribution < 1.29 is 4.79 Å². The average Bonchev–Trinajstić information content (AvgIpc) is 3.10. The molecule has 2 aromatic carbocycles. The predicted molar refractivity (Wildman–Crippen MR) is 98.2 cm³/mol. The molecule has 0 saturated carbocycles. The van der Waals surface area contributed by atoms with Crippen LogP contribution in [-0.2, 0) is 4.79 Å². The second-order valence-electron chi connectivity index (χ2n) is 6.07. The molecular weight excluding hydrogens is 296 g/mol. The van der Waals surface area contributed by atoms with Gasteiger partial charge in [-0.2, -0.15) is 0 Å². The first kappa shape index (κ1) is 16.1. The lowest BCUT2D eigenvalue weighted by Gasteiger charge is -2.21. The van der Waals surface area contributed by atoms with E-state index in [0.717, 1.165) is 11.3 Å². The number of nitrogens with one attached hydrogen (secondary N) is 1. The van der Waals surface area contributed by atoms with Gasteiger partial charge >= 0.3 is 0 Å². The van der Waals surface area contributed by atoms with Gasteiger partial charge in [-0.25, -0.2) is 0 Å². The number of amides is 1. The molecule has 0 aliphatic carbocycles. The summed E-state index contributed by atoms with van der Waals surface area (Å²) in [6, 6.07) is 20.1. The van der Waals surface area contributed by atoms with E-state index in [-0.39, 0.29) is 11.9 Å². The van der Waals surface area contributed by atoms with Crippen LogP contribution in [0.4, 0.5) is 5.69 Å². The van der Waals surface area contributed by atoms with Gasteiger partial charge in [0.15, 0.2) is 0 Å². The van der Waals surface area contributed by atoms with Gasteiger partial charge in [0.05, 0.1) is 12.5 Å². The van der Waals surface area contributed by atoms with Crippen LogP contribution in [0, 0.1) is 13.8 Å². The Balaban J connectivity index is 1.84. The molecule has 3 rings (SSSR count). The van der Waals surface area contributed by atoms with Crippen molar-refractivity contribution in [3.05, 3.63) is 89.7 Å². The zero-order chi connectivity index (χ0) is 16.9. The van der Waals surface area contributed by atoms with Crippen molar-refractivity contribution >= 4 is 11.6 Å². The van der Waals surface area contributed by atoms with Crippen molar-refractivity contribution in [1.82, 2.24) is 4.57 Å². The highest BCUT2D eigenvalue weighted by atomic mass is 16.1. The van der Waals surface area contributed by atoms with Gasteiger partial charge in [-0.15, -0.1) is 0 Å². The third-order valence-electron chi connectivity index (χ3n) is 4.33. The topological polar surface area (TPSA) is 34.0 Å². The van der Waals surface area contributed by atoms with E-state index in [2.05, 4.69) is 28.9 Å². The first-order chi connectivity index (χ1) is 11.6. The summed E-state index contributed by atoms with van der Waals surface area (Å²) in [5.74, 6) is 0.0197. The number of carbonyl (C=O) groups excluding carboxylic acids is 1. The zero-order valence-electron chi connectivity index (χ0n) is 14.1. The van der Waals surface area contributed by atoms with Crippen LogP contribution in [0.1, 0.15) is 29.2 Å². The number of aromatic nitrogens is 1. The molecule has 1 N–H and O–H groups in total. The number of aryl methyl sites for hydroxylation is 2. The number of hydrogen-bond donors (Lipinski definition) is 1. The molecule has 3 nitrogen and oxygen atoms in total. The Kier molecular flexibility index (Phi) is 4.80. The summed E-state index contributed by atoms with van der Waals surface area (Å²) in [4.78, 5) is 12.6. The maximum atomic E-state index is 12.6. The van der Waals surface area contributed by atoms with Crippen LogP contribution in [0.5, 0.6) is 0 Å². The van der Waals surface area contributed by atoms with E-state index in [1.807, 2.05) is 67.8 Å². The molecule has 0 spiro atoms. The van der Waals surface area contributed by atoms with Crippen molar-refractivity contribution in [2.24, 2.45) is 0 Å². The molecule has 1 heterocycles. The first-order valence-corrected chi connectivity index (χ1v) is 8.18. The van der Waals surface area contributed by atoms with Crippen LogP contribution in [0.15, 0.2) is 73.1 Å². The van der Waals surface area contributed by atoms with E-state index in [1.54, 1.807) is 0 Å². The molecule has 0 saturated heterocycles. The van der Waals surface area contributed by atoms with E-state index >= 15 is 0 Å². The van der Waals surface area contributed by atoms with Crippen molar-refractivity contribution in [3.63, 3.8) is 0 Å². The molecule has 1 aromatic heterocycles. The summed E-state index contributed by atoms with van der Waals surface area (Å²) in [5.41, 5.74) is 4.31. The Labute approximate surface area is 143 Å². The minimum Gasteiger partial charge on any atom is -0.346 e. The summed E-state index contributed by atoms with van der Waals surface area (Å²) in [6.07, 6.45) is 4.42. The molecule has 0 fully saturated rings. The maximum Gasteiger partial charge on any atom is 0.226 e. The fourth-order valence-electron chi connectivity index (χ4n) is 2.98. The van der Waals surface area contributed by atoms with Gasteiger partial charge in [-0.05, 0) is 48.7 Å². The fourth-order valence-corrected chi connectivity index (χ4v) is 2.98. The SMILES string of the molecule is Cc1ccccc1NC(=O)C[C@@H](c1ccccc1C)n1cccc1. The first-order valence-electron chi connectivity index (χ1n) is 8.18. The van der Waals surface area contributed by atoms with Crippen LogP contribution in [0.3, 0.4) is 0 Å². The Morgan fingerprint density at radius 2 is 1.54 bits per heavy atom. The van der Waals surface area contributed by atoms with Crippen molar-refractivity contribution in [2.45, 2.75) is 26.3 Å². The van der Waals surface area contributed by atoms with E-state index in [0.29, 0.717) is 6.42 Å². The standard InChI is InChI=1S/C21H22N2O/c1-16-9-3-5-11-18(16)20(23-13-7-8-14-23)15-21(24)22-19-12-6-4-10-17(19)2/h3-14,20H,15H2,1-2H3,(H,22,24)/t20-/m0/s1. The molecule has 3 aromatic rings. The molecule has 0 bridgehead atoms. The lowest BCUT2D eigenvalue weighted by Crippen LogP contribution is -2.20. The van der Waals surface area contributed by atoms with Crippen LogP contribution in [0.25, 0.3) is 0 Å². The van der Waals surface area contributed by atoms with Gasteiger partial charge in [-0.3, -0.25) is 4.79 Å². The third-order valence-corrected chi connectivity index (χ3v) is 4.33. The highest BCUT2D eigenvalue weighted by Crippen LogP contribution is 2.26. The van der Waals surface area contributed by atoms with Gasteiger partial charge in [-0.1, -0.05) is 42.5 Å². The van der Waals surface area contributed by atoms with Crippen molar-refractivity contribution in [1.29, 1.82) is 0 Å². The largest absolute Gasteiger partial charge is 0.346 e. The molecule has 3 heteroatoms. The molecule has 1 atom stereocenters. The molecule has 122 valence electrons. The molecule has 24 heavy (non-hydrogen) atoms. The van der Waals surface area contributed by atoms with Crippen LogP contribution >= 0.6 is 0 Å². The average molecular weight is 318 g/mol. The predicted octanol–water partition coefficient (Wildman–Crippen LogP) is 4.72. The Morgan fingerprint density at radius 1 is 0.917 bits per heavy atom. The normalized spacial score (nSPS) is 11.9. The summed E-state index contributed by atoms with van der Waals surface area (Å²) in [6.45, 7) is 4.09.